The van der Waals surface area contributed by atoms with Crippen LogP contribution in [-0.2, 0) is 5.88 Å². The number of rotatable bonds is 2. The fraction of sp³-hybridized carbons (Fsp3) is 0.111. The van der Waals surface area contributed by atoms with E-state index < -0.39 is 0 Å². The summed E-state index contributed by atoms with van der Waals surface area (Å²) in [5, 5.41) is 1.94. The van der Waals surface area contributed by atoms with Crippen molar-refractivity contribution in [3.8, 4) is 10.6 Å². The van der Waals surface area contributed by atoms with Crippen LogP contribution in [0, 0.1) is 0 Å². The topological polar surface area (TPSA) is 45.8 Å². The summed E-state index contributed by atoms with van der Waals surface area (Å²) in [7, 11) is 0. The number of nitrogens with one attached hydrogen (secondary N) is 1. The lowest BCUT2D eigenvalue weighted by Gasteiger charge is -1.98. The van der Waals surface area contributed by atoms with Crippen LogP contribution in [0.4, 0.5) is 0 Å². The van der Waals surface area contributed by atoms with Crippen molar-refractivity contribution in [2.75, 3.05) is 0 Å². The molecule has 0 bridgehead atoms. The molecule has 2 heterocycles. The van der Waals surface area contributed by atoms with Gasteiger partial charge in [0.15, 0.2) is 0 Å². The van der Waals surface area contributed by atoms with Crippen molar-refractivity contribution in [2.24, 2.45) is 0 Å². The van der Waals surface area contributed by atoms with Crippen molar-refractivity contribution in [2.45, 2.75) is 5.88 Å². The highest BCUT2D eigenvalue weighted by atomic mass is 35.5. The van der Waals surface area contributed by atoms with Crippen LogP contribution in [0.2, 0.25) is 0 Å². The maximum Gasteiger partial charge on any atom is 0.251 e. The van der Waals surface area contributed by atoms with E-state index in [0.717, 1.165) is 4.88 Å². The van der Waals surface area contributed by atoms with Gasteiger partial charge < -0.3 is 4.98 Å². The average molecular weight is 227 g/mol. The Kier molecular flexibility index (Phi) is 2.65. The highest BCUT2D eigenvalue weighted by Gasteiger charge is 2.03. The summed E-state index contributed by atoms with van der Waals surface area (Å²) < 4.78 is 0. The van der Waals surface area contributed by atoms with Gasteiger partial charge in [-0.1, -0.05) is 6.07 Å². The molecule has 0 saturated carbocycles. The van der Waals surface area contributed by atoms with E-state index in [1.165, 1.54) is 6.07 Å². The molecule has 0 aliphatic heterocycles. The Bertz CT molecular complexity index is 478. The summed E-state index contributed by atoms with van der Waals surface area (Å²) in [4.78, 5) is 19.0. The van der Waals surface area contributed by atoms with Crippen molar-refractivity contribution in [3.63, 3.8) is 0 Å². The fourth-order valence-electron chi connectivity index (χ4n) is 1.12. The molecule has 0 atom stereocenters. The molecule has 72 valence electrons. The standard InChI is InChI=1S/C9H7ClN2OS/c10-5-8-11-6(4-9(13)12-8)7-2-1-3-14-7/h1-4H,5H2,(H,11,12,13). The predicted molar refractivity (Wildman–Crippen MR) is 57.7 cm³/mol. The van der Waals surface area contributed by atoms with Gasteiger partial charge in [0.2, 0.25) is 0 Å². The maximum absolute atomic E-state index is 11.2. The zero-order valence-electron chi connectivity index (χ0n) is 7.16. The number of thiophene rings is 1. The number of halogens is 1. The van der Waals surface area contributed by atoms with E-state index in [-0.39, 0.29) is 11.4 Å². The van der Waals surface area contributed by atoms with Crippen LogP contribution < -0.4 is 5.56 Å². The Balaban J connectivity index is 2.54. The van der Waals surface area contributed by atoms with Crippen LogP contribution in [0.25, 0.3) is 10.6 Å². The third-order valence-electron chi connectivity index (χ3n) is 1.69. The third-order valence-corrected chi connectivity index (χ3v) is 2.84. The van der Waals surface area contributed by atoms with E-state index in [4.69, 9.17) is 11.6 Å². The summed E-state index contributed by atoms with van der Waals surface area (Å²) in [6.45, 7) is 0. The monoisotopic (exact) mass is 226 g/mol. The molecular weight excluding hydrogens is 220 g/mol. The average Bonchev–Trinajstić information content (AvgIpc) is 2.69. The van der Waals surface area contributed by atoms with Gasteiger partial charge in [0.05, 0.1) is 16.5 Å². The van der Waals surface area contributed by atoms with Gasteiger partial charge in [-0.3, -0.25) is 4.79 Å². The molecule has 2 aromatic rings. The fourth-order valence-corrected chi connectivity index (χ4v) is 1.93. The normalized spacial score (nSPS) is 10.4. The zero-order chi connectivity index (χ0) is 9.97. The predicted octanol–water partition coefficient (Wildman–Crippen LogP) is 2.24. The molecule has 0 radical (unpaired) electrons. The Hall–Kier alpha value is -1.13. The molecule has 5 heteroatoms. The highest BCUT2D eigenvalue weighted by molar-refractivity contribution is 7.13. The lowest BCUT2D eigenvalue weighted by molar-refractivity contribution is 1.01. The lowest BCUT2D eigenvalue weighted by atomic mass is 10.3. The van der Waals surface area contributed by atoms with Gasteiger partial charge in [-0.25, -0.2) is 4.98 Å². The first-order valence-corrected chi connectivity index (χ1v) is 5.41. The third kappa shape index (κ3) is 1.86. The molecule has 0 aliphatic rings. The van der Waals surface area contributed by atoms with E-state index >= 15 is 0 Å². The number of hydrogen-bond acceptors (Lipinski definition) is 3. The van der Waals surface area contributed by atoms with Crippen LogP contribution in [0.5, 0.6) is 0 Å². The molecule has 2 aromatic heterocycles. The van der Waals surface area contributed by atoms with Crippen LogP contribution >= 0.6 is 22.9 Å². The molecule has 0 aliphatic carbocycles. The Morgan fingerprint density at radius 3 is 3.07 bits per heavy atom. The minimum atomic E-state index is -0.168. The van der Waals surface area contributed by atoms with Gasteiger partial charge in [0.1, 0.15) is 5.82 Å². The van der Waals surface area contributed by atoms with Crippen molar-refractivity contribution in [3.05, 3.63) is 39.8 Å². The number of hydrogen-bond donors (Lipinski definition) is 1. The molecule has 1 N–H and O–H groups in total. The summed E-state index contributed by atoms with van der Waals surface area (Å²) in [5.41, 5.74) is 0.512. The van der Waals surface area contributed by atoms with Crippen LogP contribution in [0.3, 0.4) is 0 Å². The molecular formula is C9H7ClN2OS. The molecule has 14 heavy (non-hydrogen) atoms. The largest absolute Gasteiger partial charge is 0.310 e. The van der Waals surface area contributed by atoms with E-state index in [2.05, 4.69) is 9.97 Å². The summed E-state index contributed by atoms with van der Waals surface area (Å²) >= 11 is 7.15. The summed E-state index contributed by atoms with van der Waals surface area (Å²) in [5.74, 6) is 0.719. The van der Waals surface area contributed by atoms with Crippen molar-refractivity contribution >= 4 is 22.9 Å². The van der Waals surface area contributed by atoms with Crippen molar-refractivity contribution in [1.82, 2.24) is 9.97 Å². The molecule has 0 unspecified atom stereocenters. The first-order valence-electron chi connectivity index (χ1n) is 3.99. The molecule has 0 saturated heterocycles. The second kappa shape index (κ2) is 3.94. The summed E-state index contributed by atoms with van der Waals surface area (Å²) in [6, 6.07) is 5.32. The SMILES string of the molecule is O=c1cc(-c2cccs2)nc(CCl)[nH]1. The first-order chi connectivity index (χ1) is 6.79. The van der Waals surface area contributed by atoms with Crippen LogP contribution in [-0.4, -0.2) is 9.97 Å². The Labute approximate surface area is 89.4 Å². The highest BCUT2D eigenvalue weighted by Crippen LogP contribution is 2.21. The van der Waals surface area contributed by atoms with Crippen molar-refractivity contribution in [1.29, 1.82) is 0 Å². The summed E-state index contributed by atoms with van der Waals surface area (Å²) in [6.07, 6.45) is 0. The van der Waals surface area contributed by atoms with E-state index in [0.29, 0.717) is 11.5 Å². The number of alkyl halides is 1. The van der Waals surface area contributed by atoms with E-state index in [1.807, 2.05) is 17.5 Å². The maximum atomic E-state index is 11.2. The van der Waals surface area contributed by atoms with Gasteiger partial charge in [0.25, 0.3) is 5.56 Å². The minimum Gasteiger partial charge on any atom is -0.310 e. The second-order valence-corrected chi connectivity index (χ2v) is 3.90. The quantitative estimate of drug-likeness (QED) is 0.799. The number of aromatic amines is 1. The molecule has 0 aromatic carbocycles. The smallest absolute Gasteiger partial charge is 0.251 e. The molecule has 0 amide bonds. The van der Waals surface area contributed by atoms with Gasteiger partial charge in [0, 0.05) is 6.07 Å². The molecule has 2 rings (SSSR count). The first kappa shape index (κ1) is 9.43. The zero-order valence-corrected chi connectivity index (χ0v) is 8.73. The van der Waals surface area contributed by atoms with E-state index in [9.17, 15) is 4.79 Å². The number of H-pyrrole nitrogens is 1. The molecule has 0 fully saturated rings. The molecule has 3 nitrogen and oxygen atoms in total. The van der Waals surface area contributed by atoms with Crippen LogP contribution in [0.15, 0.2) is 28.4 Å². The van der Waals surface area contributed by atoms with Gasteiger partial charge in [-0.05, 0) is 11.4 Å². The Morgan fingerprint density at radius 2 is 2.43 bits per heavy atom. The molecule has 0 spiro atoms. The lowest BCUT2D eigenvalue weighted by Crippen LogP contribution is -2.09. The number of aromatic nitrogens is 2. The van der Waals surface area contributed by atoms with Gasteiger partial charge in [-0.15, -0.1) is 22.9 Å². The minimum absolute atomic E-state index is 0.168. The van der Waals surface area contributed by atoms with Gasteiger partial charge in [-0.2, -0.15) is 0 Å². The second-order valence-electron chi connectivity index (χ2n) is 2.69. The van der Waals surface area contributed by atoms with Gasteiger partial charge >= 0.3 is 0 Å². The Morgan fingerprint density at radius 1 is 1.57 bits per heavy atom. The number of nitrogens with zero attached hydrogens (tertiary/aromatic N) is 1. The van der Waals surface area contributed by atoms with Crippen LogP contribution in [0.1, 0.15) is 5.82 Å². The van der Waals surface area contributed by atoms with E-state index in [1.54, 1.807) is 11.3 Å². The van der Waals surface area contributed by atoms with Crippen molar-refractivity contribution < 1.29 is 0 Å².